The van der Waals surface area contributed by atoms with Crippen molar-refractivity contribution in [3.8, 4) is 11.1 Å². The van der Waals surface area contributed by atoms with E-state index in [1.165, 1.54) is 0 Å². The summed E-state index contributed by atoms with van der Waals surface area (Å²) in [5.74, 6) is 0. The molecule has 0 bridgehead atoms. The number of sulfonamides is 1. The predicted molar refractivity (Wildman–Crippen MR) is 107 cm³/mol. The summed E-state index contributed by atoms with van der Waals surface area (Å²) in [7, 11) is -3.69. The van der Waals surface area contributed by atoms with E-state index in [4.69, 9.17) is 0 Å². The Morgan fingerprint density at radius 3 is 2.08 bits per heavy atom. The fraction of sp³-hybridized carbons (Fsp3) is 0. The van der Waals surface area contributed by atoms with Crippen LogP contribution in [0.15, 0.2) is 102 Å². The van der Waals surface area contributed by atoms with Gasteiger partial charge < -0.3 is 0 Å². The maximum atomic E-state index is 12.9. The molecule has 1 N–H and O–H groups in total. The summed E-state index contributed by atoms with van der Waals surface area (Å²) in [5, 5.41) is 1.91. The Kier molecular flexibility index (Phi) is 4.19. The standard InChI is InChI=1S/C22H17NO2S/c24-26(25,20-15-14-17-8-4-5-11-19(17)16-20)23-22-13-7-6-12-21(22)18-9-2-1-3-10-18/h1-16,23H. The zero-order valence-corrected chi connectivity index (χ0v) is 14.8. The second kappa shape index (κ2) is 6.65. The van der Waals surface area contributed by atoms with Crippen LogP contribution in [0.1, 0.15) is 0 Å². The quantitative estimate of drug-likeness (QED) is 0.537. The van der Waals surface area contributed by atoms with Crippen molar-refractivity contribution in [1.82, 2.24) is 0 Å². The Balaban J connectivity index is 1.74. The maximum absolute atomic E-state index is 12.9. The van der Waals surface area contributed by atoms with Gasteiger partial charge in [-0.3, -0.25) is 4.72 Å². The van der Waals surface area contributed by atoms with Crippen LogP contribution in [0.5, 0.6) is 0 Å². The van der Waals surface area contributed by atoms with Gasteiger partial charge in [-0.25, -0.2) is 8.42 Å². The first-order chi connectivity index (χ1) is 12.6. The SMILES string of the molecule is O=S(=O)(Nc1ccccc1-c1ccccc1)c1ccc2ccccc2c1. The molecule has 0 unspecified atom stereocenters. The zero-order valence-electron chi connectivity index (χ0n) is 14.0. The van der Waals surface area contributed by atoms with E-state index >= 15 is 0 Å². The monoisotopic (exact) mass is 359 g/mol. The van der Waals surface area contributed by atoms with Crippen molar-refractivity contribution in [2.45, 2.75) is 4.90 Å². The van der Waals surface area contributed by atoms with Crippen LogP contribution in [0.25, 0.3) is 21.9 Å². The molecule has 0 saturated heterocycles. The average molecular weight is 359 g/mol. The highest BCUT2D eigenvalue weighted by Gasteiger charge is 2.16. The lowest BCUT2D eigenvalue weighted by atomic mass is 10.0. The second-order valence-corrected chi connectivity index (χ2v) is 7.71. The summed E-state index contributed by atoms with van der Waals surface area (Å²) in [6.45, 7) is 0. The minimum atomic E-state index is -3.69. The van der Waals surface area contributed by atoms with Crippen molar-refractivity contribution in [3.63, 3.8) is 0 Å². The predicted octanol–water partition coefficient (Wildman–Crippen LogP) is 5.31. The van der Waals surface area contributed by atoms with E-state index in [2.05, 4.69) is 4.72 Å². The normalized spacial score (nSPS) is 11.4. The Bertz CT molecular complexity index is 1170. The van der Waals surface area contributed by atoms with Crippen molar-refractivity contribution >= 4 is 26.5 Å². The molecule has 0 aliphatic carbocycles. The molecule has 3 nitrogen and oxygen atoms in total. The van der Waals surface area contributed by atoms with Gasteiger partial charge in [-0.05, 0) is 34.5 Å². The molecule has 0 spiro atoms. The van der Waals surface area contributed by atoms with Gasteiger partial charge in [-0.15, -0.1) is 0 Å². The summed E-state index contributed by atoms with van der Waals surface area (Å²) in [6.07, 6.45) is 0. The molecule has 0 radical (unpaired) electrons. The molecule has 4 heteroatoms. The van der Waals surface area contributed by atoms with E-state index in [0.29, 0.717) is 5.69 Å². The molecule has 4 rings (SSSR count). The van der Waals surface area contributed by atoms with E-state index < -0.39 is 10.0 Å². The number of anilines is 1. The molecular weight excluding hydrogens is 342 g/mol. The molecule has 4 aromatic rings. The maximum Gasteiger partial charge on any atom is 0.261 e. The Morgan fingerprint density at radius 2 is 1.27 bits per heavy atom. The summed E-state index contributed by atoms with van der Waals surface area (Å²) < 4.78 is 28.6. The molecule has 0 heterocycles. The Labute approximate surface area is 153 Å². The van der Waals surface area contributed by atoms with E-state index in [-0.39, 0.29) is 4.90 Å². The summed E-state index contributed by atoms with van der Waals surface area (Å²) in [4.78, 5) is 0.249. The molecule has 26 heavy (non-hydrogen) atoms. The van der Waals surface area contributed by atoms with Crippen LogP contribution in [0.3, 0.4) is 0 Å². The average Bonchev–Trinajstić information content (AvgIpc) is 2.68. The van der Waals surface area contributed by atoms with Crippen molar-refractivity contribution in [1.29, 1.82) is 0 Å². The van der Waals surface area contributed by atoms with E-state index in [0.717, 1.165) is 21.9 Å². The van der Waals surface area contributed by atoms with Gasteiger partial charge in [0.25, 0.3) is 10.0 Å². The topological polar surface area (TPSA) is 46.2 Å². The molecule has 4 aromatic carbocycles. The Hall–Kier alpha value is -3.11. The summed E-state index contributed by atoms with van der Waals surface area (Å²) >= 11 is 0. The molecule has 0 aliphatic rings. The number of nitrogens with one attached hydrogen (secondary N) is 1. The van der Waals surface area contributed by atoms with Crippen LogP contribution in [-0.4, -0.2) is 8.42 Å². The van der Waals surface area contributed by atoms with Gasteiger partial charge in [-0.2, -0.15) is 0 Å². The highest BCUT2D eigenvalue weighted by Crippen LogP contribution is 2.30. The van der Waals surface area contributed by atoms with Gasteiger partial charge >= 0.3 is 0 Å². The van der Waals surface area contributed by atoms with Gasteiger partial charge in [-0.1, -0.05) is 78.9 Å². The minimum Gasteiger partial charge on any atom is -0.279 e. The van der Waals surface area contributed by atoms with Gasteiger partial charge in [0.2, 0.25) is 0 Å². The van der Waals surface area contributed by atoms with E-state index in [9.17, 15) is 8.42 Å². The van der Waals surface area contributed by atoms with Crippen molar-refractivity contribution in [2.75, 3.05) is 4.72 Å². The highest BCUT2D eigenvalue weighted by atomic mass is 32.2. The first-order valence-electron chi connectivity index (χ1n) is 8.29. The molecule has 0 fully saturated rings. The van der Waals surface area contributed by atoms with Crippen molar-refractivity contribution in [3.05, 3.63) is 97.1 Å². The first kappa shape index (κ1) is 16.4. The summed E-state index contributed by atoms with van der Waals surface area (Å²) in [5.41, 5.74) is 2.37. The minimum absolute atomic E-state index is 0.249. The van der Waals surface area contributed by atoms with Crippen LogP contribution >= 0.6 is 0 Å². The number of fused-ring (bicyclic) bond motifs is 1. The third-order valence-electron chi connectivity index (χ3n) is 4.29. The number of benzene rings is 4. The van der Waals surface area contributed by atoms with Gasteiger partial charge in [0.15, 0.2) is 0 Å². The zero-order chi connectivity index (χ0) is 18.0. The lowest BCUT2D eigenvalue weighted by molar-refractivity contribution is 0.601. The van der Waals surface area contributed by atoms with E-state index in [1.807, 2.05) is 78.9 Å². The van der Waals surface area contributed by atoms with E-state index in [1.54, 1.807) is 18.2 Å². The molecule has 128 valence electrons. The molecule has 0 aromatic heterocycles. The van der Waals surface area contributed by atoms with Crippen LogP contribution in [0.2, 0.25) is 0 Å². The number of rotatable bonds is 4. The first-order valence-corrected chi connectivity index (χ1v) is 9.78. The Morgan fingerprint density at radius 1 is 0.615 bits per heavy atom. The fourth-order valence-electron chi connectivity index (χ4n) is 2.98. The molecule has 0 aliphatic heterocycles. The van der Waals surface area contributed by atoms with Crippen LogP contribution in [-0.2, 0) is 10.0 Å². The lowest BCUT2D eigenvalue weighted by Crippen LogP contribution is -2.13. The van der Waals surface area contributed by atoms with Crippen LogP contribution < -0.4 is 4.72 Å². The van der Waals surface area contributed by atoms with Crippen LogP contribution in [0, 0.1) is 0 Å². The number of hydrogen-bond acceptors (Lipinski definition) is 2. The third kappa shape index (κ3) is 3.19. The summed E-state index contributed by atoms with van der Waals surface area (Å²) in [6, 6.07) is 30.0. The number of hydrogen-bond donors (Lipinski definition) is 1. The van der Waals surface area contributed by atoms with Gasteiger partial charge in [0.05, 0.1) is 10.6 Å². The van der Waals surface area contributed by atoms with Gasteiger partial charge in [0, 0.05) is 5.56 Å². The van der Waals surface area contributed by atoms with Crippen molar-refractivity contribution < 1.29 is 8.42 Å². The van der Waals surface area contributed by atoms with Crippen molar-refractivity contribution in [2.24, 2.45) is 0 Å². The highest BCUT2D eigenvalue weighted by molar-refractivity contribution is 7.92. The molecule has 0 saturated carbocycles. The van der Waals surface area contributed by atoms with Crippen LogP contribution in [0.4, 0.5) is 5.69 Å². The largest absolute Gasteiger partial charge is 0.279 e. The third-order valence-corrected chi connectivity index (χ3v) is 5.65. The molecular formula is C22H17NO2S. The molecule has 0 atom stereocenters. The lowest BCUT2D eigenvalue weighted by Gasteiger charge is -2.13. The van der Waals surface area contributed by atoms with Gasteiger partial charge in [0.1, 0.15) is 0 Å². The second-order valence-electron chi connectivity index (χ2n) is 6.03. The number of para-hydroxylation sites is 1. The fourth-order valence-corrected chi connectivity index (χ4v) is 4.09. The molecule has 0 amide bonds. The smallest absolute Gasteiger partial charge is 0.261 e.